The Morgan fingerprint density at radius 3 is 2.16 bits per heavy atom. The summed E-state index contributed by atoms with van der Waals surface area (Å²) in [6.07, 6.45) is 3.69. The second-order valence-electron chi connectivity index (χ2n) is 8.65. The summed E-state index contributed by atoms with van der Waals surface area (Å²) in [6, 6.07) is 8.63. The van der Waals surface area contributed by atoms with Crippen LogP contribution in [0.25, 0.3) is 0 Å². The maximum absolute atomic E-state index is 6.15. The van der Waals surface area contributed by atoms with E-state index in [1.807, 2.05) is 0 Å². The second kappa shape index (κ2) is 7.96. The molecule has 0 unspecified atom stereocenters. The van der Waals surface area contributed by atoms with E-state index in [0.717, 1.165) is 31.3 Å². The Hall–Kier alpha value is -0.610. The van der Waals surface area contributed by atoms with Crippen LogP contribution in [-0.2, 0) is 10.2 Å². The van der Waals surface area contributed by atoms with Crippen LogP contribution in [0.2, 0.25) is 5.02 Å². The van der Waals surface area contributed by atoms with Crippen LogP contribution in [0.1, 0.15) is 45.6 Å². The zero-order chi connectivity index (χ0) is 17.9. The van der Waals surface area contributed by atoms with Gasteiger partial charge in [0.1, 0.15) is 0 Å². The summed E-state index contributed by atoms with van der Waals surface area (Å²) in [6.45, 7) is 14.4. The maximum atomic E-state index is 6.15. The number of likely N-dealkylation sites (tertiary alicyclic amines) is 1. The van der Waals surface area contributed by atoms with E-state index in [1.54, 1.807) is 0 Å². The molecule has 3 rings (SSSR count). The standard InChI is InChI=1S/C21H33ClN2O/c1-20(2,3)24-12-9-21(10-13-24,18-4-6-19(22)7-5-18)8-11-23-14-16-25-17-15-23/h4-7H,8-17H2,1-3H3. The predicted molar refractivity (Wildman–Crippen MR) is 106 cm³/mol. The number of halogens is 1. The van der Waals surface area contributed by atoms with Crippen LogP contribution in [0.5, 0.6) is 0 Å². The van der Waals surface area contributed by atoms with Crippen molar-refractivity contribution in [3.8, 4) is 0 Å². The smallest absolute Gasteiger partial charge is 0.0594 e. The monoisotopic (exact) mass is 364 g/mol. The molecule has 0 radical (unpaired) electrons. The van der Waals surface area contributed by atoms with Gasteiger partial charge in [0.25, 0.3) is 0 Å². The van der Waals surface area contributed by atoms with E-state index in [-0.39, 0.29) is 11.0 Å². The van der Waals surface area contributed by atoms with Gasteiger partial charge >= 0.3 is 0 Å². The van der Waals surface area contributed by atoms with Crippen LogP contribution in [0.15, 0.2) is 24.3 Å². The van der Waals surface area contributed by atoms with E-state index in [1.165, 1.54) is 44.5 Å². The van der Waals surface area contributed by atoms with Gasteiger partial charge in [-0.3, -0.25) is 9.80 Å². The van der Waals surface area contributed by atoms with Crippen LogP contribution >= 0.6 is 11.6 Å². The maximum Gasteiger partial charge on any atom is 0.0594 e. The van der Waals surface area contributed by atoms with Crippen LogP contribution in [0, 0.1) is 0 Å². The average molecular weight is 365 g/mol. The van der Waals surface area contributed by atoms with Crippen molar-refractivity contribution in [3.05, 3.63) is 34.9 Å². The number of hydrogen-bond donors (Lipinski definition) is 0. The van der Waals surface area contributed by atoms with E-state index in [4.69, 9.17) is 16.3 Å². The molecular weight excluding hydrogens is 332 g/mol. The zero-order valence-corrected chi connectivity index (χ0v) is 16.8. The number of morpholine rings is 1. The van der Waals surface area contributed by atoms with Crippen molar-refractivity contribution in [2.45, 2.75) is 51.0 Å². The third-order valence-corrected chi connectivity index (χ3v) is 6.39. The van der Waals surface area contributed by atoms with Gasteiger partial charge in [0.2, 0.25) is 0 Å². The summed E-state index contributed by atoms with van der Waals surface area (Å²) in [5.74, 6) is 0. The molecule has 0 bridgehead atoms. The summed E-state index contributed by atoms with van der Waals surface area (Å²) in [7, 11) is 0. The highest BCUT2D eigenvalue weighted by Gasteiger charge is 2.38. The Labute approximate surface area is 158 Å². The van der Waals surface area contributed by atoms with E-state index < -0.39 is 0 Å². The molecule has 2 aliphatic heterocycles. The van der Waals surface area contributed by atoms with Gasteiger partial charge in [-0.05, 0) is 82.8 Å². The van der Waals surface area contributed by atoms with Crippen LogP contribution < -0.4 is 0 Å². The lowest BCUT2D eigenvalue weighted by molar-refractivity contribution is 0.0267. The third-order valence-electron chi connectivity index (χ3n) is 6.14. The predicted octanol–water partition coefficient (Wildman–Crippen LogP) is 4.19. The summed E-state index contributed by atoms with van der Waals surface area (Å²) in [4.78, 5) is 5.20. The molecule has 140 valence electrons. The minimum atomic E-state index is 0.260. The van der Waals surface area contributed by atoms with Crippen LogP contribution in [0.3, 0.4) is 0 Å². The normalized spacial score (nSPS) is 22.9. The molecule has 1 aromatic carbocycles. The Kier molecular flexibility index (Phi) is 6.10. The molecule has 4 heteroatoms. The molecule has 25 heavy (non-hydrogen) atoms. The lowest BCUT2D eigenvalue weighted by Crippen LogP contribution is -2.51. The highest BCUT2D eigenvalue weighted by Crippen LogP contribution is 2.40. The van der Waals surface area contributed by atoms with E-state index in [0.29, 0.717) is 0 Å². The van der Waals surface area contributed by atoms with Gasteiger partial charge in [-0.15, -0.1) is 0 Å². The van der Waals surface area contributed by atoms with E-state index >= 15 is 0 Å². The van der Waals surface area contributed by atoms with Crippen molar-refractivity contribution in [1.29, 1.82) is 0 Å². The molecule has 3 nitrogen and oxygen atoms in total. The van der Waals surface area contributed by atoms with Gasteiger partial charge in [0.05, 0.1) is 13.2 Å². The van der Waals surface area contributed by atoms with Crippen LogP contribution in [-0.4, -0.2) is 61.3 Å². The summed E-state index contributed by atoms with van der Waals surface area (Å²) >= 11 is 6.15. The highest BCUT2D eigenvalue weighted by atomic mass is 35.5. The first-order valence-corrected chi connectivity index (χ1v) is 10.1. The van der Waals surface area contributed by atoms with E-state index in [9.17, 15) is 0 Å². The number of nitrogens with zero attached hydrogens (tertiary/aromatic N) is 2. The molecule has 2 heterocycles. The lowest BCUT2D eigenvalue weighted by atomic mass is 9.70. The molecule has 0 atom stereocenters. The topological polar surface area (TPSA) is 15.7 Å². The largest absolute Gasteiger partial charge is 0.379 e. The summed E-state index contributed by atoms with van der Waals surface area (Å²) in [5, 5.41) is 0.833. The van der Waals surface area contributed by atoms with Crippen molar-refractivity contribution in [2.24, 2.45) is 0 Å². The summed E-state index contributed by atoms with van der Waals surface area (Å²) < 4.78 is 5.50. The molecule has 0 aliphatic carbocycles. The van der Waals surface area contributed by atoms with E-state index in [2.05, 4.69) is 54.8 Å². The molecule has 0 aromatic heterocycles. The number of benzene rings is 1. The molecule has 2 fully saturated rings. The first kappa shape index (κ1) is 19.2. The SMILES string of the molecule is CC(C)(C)N1CCC(CCN2CCOCC2)(c2ccc(Cl)cc2)CC1. The quantitative estimate of drug-likeness (QED) is 0.796. The average Bonchev–Trinajstić information content (AvgIpc) is 2.61. The van der Waals surface area contributed by atoms with Crippen molar-refractivity contribution < 1.29 is 4.74 Å². The molecule has 0 amide bonds. The minimum Gasteiger partial charge on any atom is -0.379 e. The number of hydrogen-bond acceptors (Lipinski definition) is 3. The molecule has 2 aliphatic rings. The van der Waals surface area contributed by atoms with Gasteiger partial charge in [-0.1, -0.05) is 23.7 Å². The number of piperidine rings is 1. The Bertz CT molecular complexity index is 538. The molecule has 0 spiro atoms. The van der Waals surface area contributed by atoms with Gasteiger partial charge in [0, 0.05) is 23.7 Å². The molecular formula is C21H33ClN2O. The zero-order valence-electron chi connectivity index (χ0n) is 16.1. The van der Waals surface area contributed by atoms with Gasteiger partial charge in [-0.2, -0.15) is 0 Å². The van der Waals surface area contributed by atoms with Crippen molar-refractivity contribution in [2.75, 3.05) is 45.9 Å². The number of rotatable bonds is 4. The minimum absolute atomic E-state index is 0.260. The Balaban J connectivity index is 1.73. The second-order valence-corrected chi connectivity index (χ2v) is 9.09. The Morgan fingerprint density at radius 2 is 1.60 bits per heavy atom. The fourth-order valence-electron chi connectivity index (χ4n) is 4.29. The first-order valence-electron chi connectivity index (χ1n) is 9.70. The van der Waals surface area contributed by atoms with Gasteiger partial charge < -0.3 is 4.74 Å². The molecule has 2 saturated heterocycles. The fraction of sp³-hybridized carbons (Fsp3) is 0.714. The summed E-state index contributed by atoms with van der Waals surface area (Å²) in [5.41, 5.74) is 2.01. The highest BCUT2D eigenvalue weighted by molar-refractivity contribution is 6.30. The van der Waals surface area contributed by atoms with Crippen molar-refractivity contribution in [1.82, 2.24) is 9.80 Å². The lowest BCUT2D eigenvalue weighted by Gasteiger charge is -2.47. The fourth-order valence-corrected chi connectivity index (χ4v) is 4.41. The van der Waals surface area contributed by atoms with Crippen LogP contribution in [0.4, 0.5) is 0 Å². The van der Waals surface area contributed by atoms with Gasteiger partial charge in [-0.25, -0.2) is 0 Å². The molecule has 0 N–H and O–H groups in total. The third kappa shape index (κ3) is 4.77. The Morgan fingerprint density at radius 1 is 1.00 bits per heavy atom. The van der Waals surface area contributed by atoms with Gasteiger partial charge in [0.15, 0.2) is 0 Å². The number of ether oxygens (including phenoxy) is 1. The first-order chi connectivity index (χ1) is 11.9. The molecule has 1 aromatic rings. The molecule has 0 saturated carbocycles. The van der Waals surface area contributed by atoms with Crippen molar-refractivity contribution >= 4 is 11.6 Å². The van der Waals surface area contributed by atoms with Crippen molar-refractivity contribution in [3.63, 3.8) is 0 Å².